The maximum Gasteiger partial charge on any atom is 0.404 e. The van der Waals surface area contributed by atoms with Crippen LogP contribution in [0, 0.1) is 5.92 Å². The van der Waals surface area contributed by atoms with Crippen molar-refractivity contribution in [3.8, 4) is 0 Å². The van der Waals surface area contributed by atoms with Crippen LogP contribution >= 0.6 is 0 Å². The molecular formula is C19H31NO3Si. The molecule has 0 radical (unpaired) electrons. The van der Waals surface area contributed by atoms with Crippen LogP contribution in [-0.2, 0) is 10.8 Å². The van der Waals surface area contributed by atoms with E-state index in [4.69, 9.17) is 9.53 Å². The Morgan fingerprint density at radius 3 is 2.42 bits per heavy atom. The molecule has 0 bridgehead atoms. The first kappa shape index (κ1) is 19.0. The van der Waals surface area contributed by atoms with Crippen LogP contribution < -0.4 is 5.32 Å². The van der Waals surface area contributed by atoms with Crippen molar-refractivity contribution in [2.75, 3.05) is 0 Å². The van der Waals surface area contributed by atoms with Crippen LogP contribution in [0.3, 0.4) is 0 Å². The van der Waals surface area contributed by atoms with E-state index < -0.39 is 14.4 Å². The summed E-state index contributed by atoms with van der Waals surface area (Å²) in [5.41, 5.74) is 1.29. The van der Waals surface area contributed by atoms with Crippen LogP contribution in [0.1, 0.15) is 39.2 Å². The fraction of sp³-hybridized carbons (Fsp3) is 0.632. The van der Waals surface area contributed by atoms with Crippen LogP contribution in [0.5, 0.6) is 0 Å². The van der Waals surface area contributed by atoms with E-state index in [-0.39, 0.29) is 17.2 Å². The van der Waals surface area contributed by atoms with E-state index in [1.807, 2.05) is 6.07 Å². The quantitative estimate of drug-likeness (QED) is 0.760. The largest absolute Gasteiger partial charge is 0.465 e. The molecule has 1 unspecified atom stereocenters. The number of carbonyl (C=O) groups is 1. The van der Waals surface area contributed by atoms with Gasteiger partial charge in [0.15, 0.2) is 8.32 Å². The van der Waals surface area contributed by atoms with Gasteiger partial charge in [0.05, 0.1) is 6.10 Å². The van der Waals surface area contributed by atoms with E-state index in [0.717, 1.165) is 19.3 Å². The molecule has 1 fully saturated rings. The number of hydrogen-bond acceptors (Lipinski definition) is 2. The van der Waals surface area contributed by atoms with E-state index in [1.165, 1.54) is 5.56 Å². The Balaban J connectivity index is 2.13. The van der Waals surface area contributed by atoms with Gasteiger partial charge in [0.25, 0.3) is 0 Å². The van der Waals surface area contributed by atoms with Gasteiger partial charge in [-0.2, -0.15) is 0 Å². The van der Waals surface area contributed by atoms with Crippen molar-refractivity contribution >= 4 is 14.4 Å². The molecule has 1 aliphatic rings. The summed E-state index contributed by atoms with van der Waals surface area (Å²) in [6.07, 6.45) is 1.75. The minimum Gasteiger partial charge on any atom is -0.465 e. The third-order valence-electron chi connectivity index (χ3n) is 5.55. The summed E-state index contributed by atoms with van der Waals surface area (Å²) in [4.78, 5) is 11.0. The molecule has 134 valence electrons. The molecule has 0 aliphatic heterocycles. The van der Waals surface area contributed by atoms with E-state index in [9.17, 15) is 4.79 Å². The normalized spacial score (nSPS) is 24.8. The summed E-state index contributed by atoms with van der Waals surface area (Å²) in [6, 6.07) is 10.4. The lowest BCUT2D eigenvalue weighted by atomic mass is 9.96. The molecule has 2 rings (SSSR count). The number of benzene rings is 1. The van der Waals surface area contributed by atoms with Crippen LogP contribution in [0.25, 0.3) is 0 Å². The zero-order valence-electron chi connectivity index (χ0n) is 15.5. The Labute approximate surface area is 146 Å². The molecule has 5 heteroatoms. The van der Waals surface area contributed by atoms with Crippen LogP contribution in [0.2, 0.25) is 18.1 Å². The van der Waals surface area contributed by atoms with Crippen LogP contribution in [-0.4, -0.2) is 31.7 Å². The Morgan fingerprint density at radius 1 is 1.25 bits per heavy atom. The number of amides is 1. The Bertz CT molecular complexity index is 553. The third-order valence-corrected chi connectivity index (χ3v) is 10.1. The summed E-state index contributed by atoms with van der Waals surface area (Å²) in [5, 5.41) is 11.9. The average Bonchev–Trinajstić information content (AvgIpc) is 2.78. The highest BCUT2D eigenvalue weighted by molar-refractivity contribution is 6.74. The van der Waals surface area contributed by atoms with Gasteiger partial charge in [0, 0.05) is 6.04 Å². The van der Waals surface area contributed by atoms with Crippen molar-refractivity contribution in [3.63, 3.8) is 0 Å². The maximum absolute atomic E-state index is 11.0. The highest BCUT2D eigenvalue weighted by atomic mass is 28.4. The second-order valence-electron chi connectivity index (χ2n) is 8.48. The fourth-order valence-corrected chi connectivity index (χ4v) is 4.61. The van der Waals surface area contributed by atoms with Crippen molar-refractivity contribution in [1.29, 1.82) is 0 Å². The Morgan fingerprint density at radius 2 is 1.88 bits per heavy atom. The third kappa shape index (κ3) is 4.83. The molecule has 1 aromatic carbocycles. The molecular weight excluding hydrogens is 318 g/mol. The van der Waals surface area contributed by atoms with Crippen molar-refractivity contribution in [3.05, 3.63) is 35.9 Å². The molecule has 3 atom stereocenters. The molecule has 1 saturated carbocycles. The molecule has 0 spiro atoms. The summed E-state index contributed by atoms with van der Waals surface area (Å²) in [6.45, 7) is 11.3. The molecule has 1 aromatic rings. The van der Waals surface area contributed by atoms with Crippen LogP contribution in [0.4, 0.5) is 4.79 Å². The molecule has 24 heavy (non-hydrogen) atoms. The van der Waals surface area contributed by atoms with Gasteiger partial charge in [-0.25, -0.2) is 4.79 Å². The summed E-state index contributed by atoms with van der Waals surface area (Å²) < 4.78 is 6.67. The fourth-order valence-electron chi connectivity index (χ4n) is 3.21. The van der Waals surface area contributed by atoms with Crippen molar-refractivity contribution in [2.24, 2.45) is 5.92 Å². The maximum atomic E-state index is 11.0. The minimum atomic E-state index is -1.87. The van der Waals surface area contributed by atoms with Gasteiger partial charge in [-0.05, 0) is 48.9 Å². The topological polar surface area (TPSA) is 58.6 Å². The highest BCUT2D eigenvalue weighted by Gasteiger charge is 2.44. The Hall–Kier alpha value is -1.33. The van der Waals surface area contributed by atoms with Gasteiger partial charge in [0.1, 0.15) is 0 Å². The van der Waals surface area contributed by atoms with Gasteiger partial charge in [0.2, 0.25) is 0 Å². The molecule has 0 heterocycles. The first-order chi connectivity index (χ1) is 11.1. The Kier molecular flexibility index (Phi) is 5.76. The number of carboxylic acid groups (broad SMARTS) is 1. The first-order valence-corrected chi connectivity index (χ1v) is 11.7. The van der Waals surface area contributed by atoms with Gasteiger partial charge in [-0.15, -0.1) is 0 Å². The van der Waals surface area contributed by atoms with Gasteiger partial charge in [-0.1, -0.05) is 51.1 Å². The van der Waals surface area contributed by atoms with E-state index in [2.05, 4.69) is 63.4 Å². The zero-order valence-corrected chi connectivity index (χ0v) is 16.5. The first-order valence-electron chi connectivity index (χ1n) is 8.80. The van der Waals surface area contributed by atoms with E-state index in [1.54, 1.807) is 0 Å². The predicted molar refractivity (Wildman–Crippen MR) is 99.9 cm³/mol. The van der Waals surface area contributed by atoms with Gasteiger partial charge in [-0.3, -0.25) is 0 Å². The van der Waals surface area contributed by atoms with Gasteiger partial charge >= 0.3 is 6.09 Å². The summed E-state index contributed by atoms with van der Waals surface area (Å²) in [5.74, 6) is 0.360. The monoisotopic (exact) mass is 349 g/mol. The standard InChI is InChI=1S/C19H31NO3Si/c1-19(2,3)24(4,5)23-17-13-16(20-18(21)22)12-15(17)11-14-9-7-6-8-10-14/h6-10,15-17,20H,11-13H2,1-5H3,(H,21,22)/t15?,16-,17+/m1/s1. The molecule has 1 aliphatic carbocycles. The second-order valence-corrected chi connectivity index (χ2v) is 13.2. The molecule has 4 nitrogen and oxygen atoms in total. The number of nitrogens with one attached hydrogen (secondary N) is 1. The highest BCUT2D eigenvalue weighted by Crippen LogP contribution is 2.41. The summed E-state index contributed by atoms with van der Waals surface area (Å²) in [7, 11) is -1.87. The predicted octanol–water partition coefficient (Wildman–Crippen LogP) is 4.67. The summed E-state index contributed by atoms with van der Waals surface area (Å²) >= 11 is 0. The van der Waals surface area contributed by atoms with Crippen molar-refractivity contribution in [1.82, 2.24) is 5.32 Å². The molecule has 1 amide bonds. The van der Waals surface area contributed by atoms with E-state index >= 15 is 0 Å². The van der Waals surface area contributed by atoms with Gasteiger partial charge < -0.3 is 14.8 Å². The smallest absolute Gasteiger partial charge is 0.404 e. The average molecular weight is 350 g/mol. The van der Waals surface area contributed by atoms with Crippen LogP contribution in [0.15, 0.2) is 30.3 Å². The number of rotatable bonds is 5. The lowest BCUT2D eigenvalue weighted by Gasteiger charge is -2.40. The van der Waals surface area contributed by atoms with Crippen molar-refractivity contribution in [2.45, 2.75) is 70.3 Å². The van der Waals surface area contributed by atoms with E-state index in [0.29, 0.717) is 5.92 Å². The minimum absolute atomic E-state index is 0.00835. The zero-order chi connectivity index (χ0) is 18.0. The van der Waals surface area contributed by atoms with Crippen molar-refractivity contribution < 1.29 is 14.3 Å². The molecule has 2 N–H and O–H groups in total. The number of hydrogen-bond donors (Lipinski definition) is 2. The molecule has 0 aromatic heterocycles. The second kappa shape index (κ2) is 7.27. The lowest BCUT2D eigenvalue weighted by molar-refractivity contribution is 0.139. The molecule has 0 saturated heterocycles. The lowest BCUT2D eigenvalue weighted by Crippen LogP contribution is -2.45. The SMILES string of the molecule is CC(C)(C)[Si](C)(C)O[C@H]1C[C@H](NC(=O)O)CC1Cc1ccccc1.